The Morgan fingerprint density at radius 3 is 2.70 bits per heavy atom. The largest absolute Gasteiger partial charge is 0.481 e. The highest BCUT2D eigenvalue weighted by atomic mass is 16.5. The average Bonchev–Trinajstić information content (AvgIpc) is 2.92. The molecule has 2 aliphatic rings. The molecule has 2 N–H and O–H groups in total. The van der Waals surface area contributed by atoms with Crippen LogP contribution < -0.4 is 5.32 Å². The standard InChI is InChI=1S/C14H24N2O4/c1-9-8-11(13(17)18)5-6-16(9)14(19)15-10(2)12-4-3-7-20-12/h9-12H,3-8H2,1-2H3,(H,15,19)(H,17,18). The number of piperidine rings is 1. The van der Waals surface area contributed by atoms with E-state index in [9.17, 15) is 9.59 Å². The first kappa shape index (κ1) is 15.1. The molecule has 0 spiro atoms. The van der Waals surface area contributed by atoms with Gasteiger partial charge in [-0.1, -0.05) is 0 Å². The number of aliphatic carboxylic acids is 1. The van der Waals surface area contributed by atoms with E-state index in [0.717, 1.165) is 19.4 Å². The molecule has 0 aromatic carbocycles. The van der Waals surface area contributed by atoms with Gasteiger partial charge < -0.3 is 20.1 Å². The average molecular weight is 284 g/mol. The second kappa shape index (κ2) is 6.43. The quantitative estimate of drug-likeness (QED) is 0.822. The zero-order chi connectivity index (χ0) is 14.7. The van der Waals surface area contributed by atoms with Crippen LogP contribution in [0.3, 0.4) is 0 Å². The minimum atomic E-state index is -0.760. The molecule has 4 atom stereocenters. The van der Waals surface area contributed by atoms with E-state index >= 15 is 0 Å². The second-order valence-electron chi connectivity index (χ2n) is 5.89. The first-order valence-corrected chi connectivity index (χ1v) is 7.40. The summed E-state index contributed by atoms with van der Waals surface area (Å²) < 4.78 is 5.57. The van der Waals surface area contributed by atoms with Crippen LogP contribution in [0.4, 0.5) is 4.79 Å². The minimum Gasteiger partial charge on any atom is -0.481 e. The van der Waals surface area contributed by atoms with Gasteiger partial charge in [-0.05, 0) is 39.5 Å². The number of hydrogen-bond acceptors (Lipinski definition) is 3. The summed E-state index contributed by atoms with van der Waals surface area (Å²) in [5, 5.41) is 12.0. The Labute approximate surface area is 119 Å². The van der Waals surface area contributed by atoms with E-state index in [4.69, 9.17) is 9.84 Å². The van der Waals surface area contributed by atoms with Crippen LogP contribution in [0.5, 0.6) is 0 Å². The van der Waals surface area contributed by atoms with Crippen LogP contribution in [0.15, 0.2) is 0 Å². The number of carboxylic acid groups (broad SMARTS) is 1. The molecule has 6 heteroatoms. The topological polar surface area (TPSA) is 78.9 Å². The fraction of sp³-hybridized carbons (Fsp3) is 0.857. The van der Waals surface area contributed by atoms with Gasteiger partial charge in [0, 0.05) is 19.2 Å². The maximum Gasteiger partial charge on any atom is 0.317 e. The van der Waals surface area contributed by atoms with Gasteiger partial charge >= 0.3 is 12.0 Å². The third-order valence-corrected chi connectivity index (χ3v) is 4.36. The van der Waals surface area contributed by atoms with Gasteiger partial charge in [0.25, 0.3) is 0 Å². The number of amides is 2. The Hall–Kier alpha value is -1.30. The molecule has 2 rings (SSSR count). The van der Waals surface area contributed by atoms with E-state index in [2.05, 4.69) is 5.32 Å². The molecule has 0 radical (unpaired) electrons. The first-order valence-electron chi connectivity index (χ1n) is 7.40. The van der Waals surface area contributed by atoms with Crippen LogP contribution in [0.25, 0.3) is 0 Å². The van der Waals surface area contributed by atoms with Gasteiger partial charge in [0.1, 0.15) is 0 Å². The van der Waals surface area contributed by atoms with Crippen LogP contribution >= 0.6 is 0 Å². The van der Waals surface area contributed by atoms with Gasteiger partial charge in [-0.25, -0.2) is 4.79 Å². The number of nitrogens with zero attached hydrogens (tertiary/aromatic N) is 1. The molecular formula is C14H24N2O4. The molecule has 2 aliphatic heterocycles. The summed E-state index contributed by atoms with van der Waals surface area (Å²) in [5.74, 6) is -1.09. The lowest BCUT2D eigenvalue weighted by atomic mass is 9.92. The number of carboxylic acids is 1. The predicted molar refractivity (Wildman–Crippen MR) is 73.5 cm³/mol. The lowest BCUT2D eigenvalue weighted by Crippen LogP contribution is -2.53. The fourth-order valence-corrected chi connectivity index (χ4v) is 3.07. The van der Waals surface area contributed by atoms with E-state index in [1.165, 1.54) is 0 Å². The third kappa shape index (κ3) is 3.42. The number of ether oxygens (including phenoxy) is 1. The van der Waals surface area contributed by atoms with Gasteiger partial charge in [-0.3, -0.25) is 4.79 Å². The summed E-state index contributed by atoms with van der Waals surface area (Å²) >= 11 is 0. The fourth-order valence-electron chi connectivity index (χ4n) is 3.07. The summed E-state index contributed by atoms with van der Waals surface area (Å²) in [5.41, 5.74) is 0. The SMILES string of the molecule is CC(NC(=O)N1CCC(C(=O)O)CC1C)C1CCCO1. The zero-order valence-corrected chi connectivity index (χ0v) is 12.2. The maximum atomic E-state index is 12.3. The van der Waals surface area contributed by atoms with Gasteiger partial charge in [-0.15, -0.1) is 0 Å². The smallest absolute Gasteiger partial charge is 0.317 e. The van der Waals surface area contributed by atoms with Gasteiger partial charge in [0.15, 0.2) is 0 Å². The molecule has 2 amide bonds. The van der Waals surface area contributed by atoms with E-state index < -0.39 is 5.97 Å². The number of likely N-dealkylation sites (tertiary alicyclic amines) is 1. The van der Waals surface area contributed by atoms with Crippen molar-refractivity contribution in [1.29, 1.82) is 0 Å². The highest BCUT2D eigenvalue weighted by Crippen LogP contribution is 2.23. The van der Waals surface area contributed by atoms with Crippen molar-refractivity contribution in [3.8, 4) is 0 Å². The highest BCUT2D eigenvalue weighted by Gasteiger charge is 2.33. The monoisotopic (exact) mass is 284 g/mol. The lowest BCUT2D eigenvalue weighted by molar-refractivity contribution is -0.143. The summed E-state index contributed by atoms with van der Waals surface area (Å²) in [6.45, 7) is 5.14. The van der Waals surface area contributed by atoms with Crippen molar-refractivity contribution in [3.63, 3.8) is 0 Å². The molecule has 0 aromatic heterocycles. The number of carbonyl (C=O) groups excluding carboxylic acids is 1. The molecule has 0 aromatic rings. The third-order valence-electron chi connectivity index (χ3n) is 4.36. The van der Waals surface area contributed by atoms with Crippen LogP contribution in [0, 0.1) is 5.92 Å². The normalized spacial score (nSPS) is 31.9. The Balaban J connectivity index is 1.84. The van der Waals surface area contributed by atoms with Crippen molar-refractivity contribution in [1.82, 2.24) is 10.2 Å². The maximum absolute atomic E-state index is 12.3. The van der Waals surface area contributed by atoms with Crippen molar-refractivity contribution < 1.29 is 19.4 Å². The second-order valence-corrected chi connectivity index (χ2v) is 5.89. The summed E-state index contributed by atoms with van der Waals surface area (Å²) in [6.07, 6.45) is 3.19. The highest BCUT2D eigenvalue weighted by molar-refractivity contribution is 5.76. The van der Waals surface area contributed by atoms with Crippen molar-refractivity contribution in [2.24, 2.45) is 5.92 Å². The molecule has 2 heterocycles. The number of hydrogen-bond donors (Lipinski definition) is 2. The Kier molecular flexibility index (Phi) is 4.86. The summed E-state index contributed by atoms with van der Waals surface area (Å²) in [4.78, 5) is 25.0. The molecule has 0 bridgehead atoms. The number of carbonyl (C=O) groups is 2. The molecule has 6 nitrogen and oxygen atoms in total. The van der Waals surface area contributed by atoms with Crippen molar-refractivity contribution >= 4 is 12.0 Å². The van der Waals surface area contributed by atoms with Crippen LogP contribution in [0.2, 0.25) is 0 Å². The van der Waals surface area contributed by atoms with Gasteiger partial charge in [0.05, 0.1) is 18.1 Å². The van der Waals surface area contributed by atoms with Crippen LogP contribution in [0.1, 0.15) is 39.5 Å². The molecule has 0 aliphatic carbocycles. The molecule has 20 heavy (non-hydrogen) atoms. The first-order chi connectivity index (χ1) is 9.49. The lowest BCUT2D eigenvalue weighted by Gasteiger charge is -2.37. The Morgan fingerprint density at radius 2 is 2.15 bits per heavy atom. The number of nitrogens with one attached hydrogen (secondary N) is 1. The predicted octanol–water partition coefficient (Wildman–Crippen LogP) is 1.45. The molecule has 4 unspecified atom stereocenters. The van der Waals surface area contributed by atoms with E-state index in [0.29, 0.717) is 19.4 Å². The minimum absolute atomic E-state index is 0.00519. The molecule has 114 valence electrons. The molecule has 0 saturated carbocycles. The van der Waals surface area contributed by atoms with Crippen molar-refractivity contribution in [2.45, 2.75) is 57.7 Å². The van der Waals surface area contributed by atoms with Gasteiger partial charge in [0.2, 0.25) is 0 Å². The number of rotatable bonds is 3. The molecule has 2 fully saturated rings. The van der Waals surface area contributed by atoms with E-state index in [-0.39, 0.29) is 30.1 Å². The summed E-state index contributed by atoms with van der Waals surface area (Å²) in [7, 11) is 0. The Bertz CT molecular complexity index is 368. The number of urea groups is 1. The summed E-state index contributed by atoms with van der Waals surface area (Å²) in [6, 6.07) is -0.153. The van der Waals surface area contributed by atoms with Crippen molar-refractivity contribution in [2.75, 3.05) is 13.2 Å². The Morgan fingerprint density at radius 1 is 1.40 bits per heavy atom. The molecular weight excluding hydrogens is 260 g/mol. The van der Waals surface area contributed by atoms with Crippen LogP contribution in [-0.4, -0.2) is 53.3 Å². The van der Waals surface area contributed by atoms with E-state index in [1.54, 1.807) is 4.90 Å². The van der Waals surface area contributed by atoms with Gasteiger partial charge in [-0.2, -0.15) is 0 Å². The molecule has 2 saturated heterocycles. The van der Waals surface area contributed by atoms with Crippen LogP contribution in [-0.2, 0) is 9.53 Å². The van der Waals surface area contributed by atoms with E-state index in [1.807, 2.05) is 13.8 Å². The zero-order valence-electron chi connectivity index (χ0n) is 12.2. The van der Waals surface area contributed by atoms with Crippen molar-refractivity contribution in [3.05, 3.63) is 0 Å².